The second-order valence-electron chi connectivity index (χ2n) is 7.21. The molecule has 0 N–H and O–H groups in total. The minimum atomic E-state index is 0.553. The Morgan fingerprint density at radius 1 is 0.828 bits per heavy atom. The van der Waals surface area contributed by atoms with Crippen LogP contribution in [0.2, 0.25) is 0 Å². The third-order valence-corrected chi connectivity index (χ3v) is 5.59. The van der Waals surface area contributed by atoms with Crippen LogP contribution in [0.1, 0.15) is 86.0 Å². The van der Waals surface area contributed by atoms with E-state index in [9.17, 15) is 4.79 Å². The first-order valence-corrected chi connectivity index (χ1v) is 11.8. The normalized spacial score (nSPS) is 11.1. The zero-order valence-corrected chi connectivity index (χ0v) is 18.6. The highest BCUT2D eigenvalue weighted by molar-refractivity contribution is 7.10. The minimum absolute atomic E-state index is 0.553. The van der Waals surface area contributed by atoms with Crippen LogP contribution in [0.15, 0.2) is 29.6 Å². The molecule has 29 heavy (non-hydrogen) atoms. The lowest BCUT2D eigenvalue weighted by atomic mass is 10.1. The smallest absolute Gasteiger partial charge is 0.153 e. The van der Waals surface area contributed by atoms with Crippen LogP contribution in [-0.4, -0.2) is 19.5 Å². The van der Waals surface area contributed by atoms with Gasteiger partial charge in [0.1, 0.15) is 11.5 Å². The van der Waals surface area contributed by atoms with E-state index in [4.69, 9.17) is 9.47 Å². The summed E-state index contributed by atoms with van der Waals surface area (Å²) in [5.74, 6) is 1.38. The second-order valence-corrected chi connectivity index (χ2v) is 8.19. The molecule has 0 bridgehead atoms. The molecule has 0 radical (unpaired) electrons. The molecular weight excluding hydrogens is 380 g/mol. The number of thiophene rings is 1. The highest BCUT2D eigenvalue weighted by atomic mass is 32.1. The third kappa shape index (κ3) is 8.45. The van der Waals surface area contributed by atoms with E-state index in [1.807, 2.05) is 24.3 Å². The minimum Gasteiger partial charge on any atom is -0.493 e. The first-order chi connectivity index (χ1) is 14.3. The summed E-state index contributed by atoms with van der Waals surface area (Å²) >= 11 is 1.69. The zero-order valence-electron chi connectivity index (χ0n) is 17.8. The van der Waals surface area contributed by atoms with Crippen molar-refractivity contribution in [2.75, 3.05) is 13.2 Å². The predicted molar refractivity (Wildman–Crippen MR) is 124 cm³/mol. The van der Waals surface area contributed by atoms with Gasteiger partial charge in [-0.3, -0.25) is 4.79 Å². The maximum absolute atomic E-state index is 11.6. The maximum atomic E-state index is 11.6. The fraction of sp³-hybridized carbons (Fsp3) is 0.480. The molecule has 158 valence electrons. The first kappa shape index (κ1) is 23.2. The zero-order chi connectivity index (χ0) is 20.7. The number of aldehydes is 1. The van der Waals surface area contributed by atoms with E-state index < -0.39 is 0 Å². The Hall–Kier alpha value is -2.07. The molecule has 0 atom stereocenters. The summed E-state index contributed by atoms with van der Waals surface area (Å²) < 4.78 is 12.0. The lowest BCUT2D eigenvalue weighted by Crippen LogP contribution is -2.03. The van der Waals surface area contributed by atoms with Gasteiger partial charge in [0.2, 0.25) is 0 Å². The van der Waals surface area contributed by atoms with Gasteiger partial charge in [-0.1, -0.05) is 58.4 Å². The molecule has 3 nitrogen and oxygen atoms in total. The number of benzene rings is 1. The Bertz CT molecular complexity index is 735. The molecule has 0 amide bonds. The molecule has 1 aromatic heterocycles. The summed E-state index contributed by atoms with van der Waals surface area (Å²) in [7, 11) is 0. The van der Waals surface area contributed by atoms with Crippen LogP contribution in [-0.2, 0) is 0 Å². The number of hydrogen-bond acceptors (Lipinski definition) is 4. The van der Waals surface area contributed by atoms with E-state index in [-0.39, 0.29) is 0 Å². The Morgan fingerprint density at radius 3 is 2.00 bits per heavy atom. The van der Waals surface area contributed by atoms with Gasteiger partial charge in [-0.25, -0.2) is 0 Å². The summed E-state index contributed by atoms with van der Waals surface area (Å²) in [5, 5.41) is 2.06. The Labute approximate surface area is 179 Å². The van der Waals surface area contributed by atoms with Gasteiger partial charge in [0.25, 0.3) is 0 Å². The molecule has 2 aromatic rings. The predicted octanol–water partition coefficient (Wildman–Crippen LogP) is 7.65. The monoisotopic (exact) mass is 414 g/mol. The molecule has 0 unspecified atom stereocenters. The number of unbranched alkanes of at least 4 members (excludes halogenated alkanes) is 6. The molecule has 1 heterocycles. The van der Waals surface area contributed by atoms with Crippen molar-refractivity contribution in [1.82, 2.24) is 0 Å². The summed E-state index contributed by atoms with van der Waals surface area (Å²) in [6.45, 7) is 5.69. The molecular formula is C25H34O3S. The van der Waals surface area contributed by atoms with Crippen molar-refractivity contribution in [1.29, 1.82) is 0 Å². The highest BCUT2D eigenvalue weighted by Gasteiger charge is 2.11. The highest BCUT2D eigenvalue weighted by Crippen LogP contribution is 2.30. The fourth-order valence-electron chi connectivity index (χ4n) is 3.04. The van der Waals surface area contributed by atoms with Crippen molar-refractivity contribution in [2.45, 2.75) is 65.2 Å². The van der Waals surface area contributed by atoms with E-state index in [2.05, 4.69) is 31.4 Å². The number of hydrogen-bond donors (Lipinski definition) is 0. The van der Waals surface area contributed by atoms with Gasteiger partial charge in [0.15, 0.2) is 6.29 Å². The molecule has 0 aliphatic rings. The van der Waals surface area contributed by atoms with Crippen LogP contribution in [0.3, 0.4) is 0 Å². The second kappa shape index (κ2) is 14.0. The maximum Gasteiger partial charge on any atom is 0.153 e. The number of rotatable bonds is 15. The van der Waals surface area contributed by atoms with Crippen molar-refractivity contribution >= 4 is 29.8 Å². The van der Waals surface area contributed by atoms with Gasteiger partial charge in [-0.2, -0.15) is 0 Å². The van der Waals surface area contributed by atoms with E-state index in [1.54, 1.807) is 11.3 Å². The Morgan fingerprint density at radius 2 is 1.45 bits per heavy atom. The standard InChI is InChI=1S/C25H34O3S/c1-3-5-7-9-15-27-24-19-22(20-26)25(28-16-10-8-6-4-2)18-21(24)13-14-23-12-11-17-29-23/h11-14,17-20H,3-10,15-16H2,1-2H3. The summed E-state index contributed by atoms with van der Waals surface area (Å²) in [5.41, 5.74) is 1.50. The molecule has 0 aliphatic carbocycles. The van der Waals surface area contributed by atoms with E-state index in [0.717, 1.165) is 43.3 Å². The van der Waals surface area contributed by atoms with Crippen LogP contribution in [0, 0.1) is 0 Å². The molecule has 0 fully saturated rings. The van der Waals surface area contributed by atoms with Crippen molar-refractivity contribution < 1.29 is 14.3 Å². The summed E-state index contributed by atoms with van der Waals surface area (Å²) in [6.07, 6.45) is 14.2. The van der Waals surface area contributed by atoms with Crippen molar-refractivity contribution in [3.05, 3.63) is 45.6 Å². The van der Waals surface area contributed by atoms with Crippen LogP contribution in [0.5, 0.6) is 11.5 Å². The lowest BCUT2D eigenvalue weighted by Gasteiger charge is -2.14. The topological polar surface area (TPSA) is 35.5 Å². The van der Waals surface area contributed by atoms with Crippen molar-refractivity contribution in [2.24, 2.45) is 0 Å². The third-order valence-electron chi connectivity index (χ3n) is 4.75. The van der Waals surface area contributed by atoms with Crippen molar-refractivity contribution in [3.8, 4) is 11.5 Å². The molecule has 0 saturated heterocycles. The molecule has 0 spiro atoms. The fourth-order valence-corrected chi connectivity index (χ4v) is 3.66. The number of carbonyl (C=O) groups excluding carboxylic acids is 1. The van der Waals surface area contributed by atoms with Gasteiger partial charge in [-0.05, 0) is 48.6 Å². The molecule has 0 saturated carbocycles. The average molecular weight is 415 g/mol. The van der Waals surface area contributed by atoms with E-state index >= 15 is 0 Å². The number of carbonyl (C=O) groups is 1. The summed E-state index contributed by atoms with van der Waals surface area (Å²) in [4.78, 5) is 12.8. The van der Waals surface area contributed by atoms with Gasteiger partial charge < -0.3 is 9.47 Å². The Kier molecular flexibility index (Phi) is 11.2. The van der Waals surface area contributed by atoms with Gasteiger partial charge in [0, 0.05) is 10.4 Å². The van der Waals surface area contributed by atoms with E-state index in [1.165, 1.54) is 30.6 Å². The van der Waals surface area contributed by atoms with Crippen molar-refractivity contribution in [3.63, 3.8) is 0 Å². The van der Waals surface area contributed by atoms with Crippen LogP contribution < -0.4 is 9.47 Å². The molecule has 0 aliphatic heterocycles. The van der Waals surface area contributed by atoms with Gasteiger partial charge in [-0.15, -0.1) is 11.3 Å². The van der Waals surface area contributed by atoms with Gasteiger partial charge in [0.05, 0.1) is 18.8 Å². The molecule has 2 rings (SSSR count). The number of ether oxygens (including phenoxy) is 2. The lowest BCUT2D eigenvalue weighted by molar-refractivity contribution is 0.111. The van der Waals surface area contributed by atoms with Gasteiger partial charge >= 0.3 is 0 Å². The average Bonchev–Trinajstić information content (AvgIpc) is 3.26. The quantitative estimate of drug-likeness (QED) is 0.222. The SMILES string of the molecule is CCCCCCOc1cc(C=Cc2cccs2)c(OCCCCCC)cc1C=O. The van der Waals surface area contributed by atoms with E-state index in [0.29, 0.717) is 24.5 Å². The largest absolute Gasteiger partial charge is 0.493 e. The van der Waals surface area contributed by atoms with Crippen LogP contribution in [0.4, 0.5) is 0 Å². The summed E-state index contributed by atoms with van der Waals surface area (Å²) in [6, 6.07) is 7.88. The molecule has 4 heteroatoms. The first-order valence-electron chi connectivity index (χ1n) is 10.9. The van der Waals surface area contributed by atoms with Crippen LogP contribution in [0.25, 0.3) is 12.2 Å². The molecule has 1 aromatic carbocycles. The van der Waals surface area contributed by atoms with Crippen LogP contribution >= 0.6 is 11.3 Å². The Balaban J connectivity index is 2.14.